The maximum atomic E-state index is 14.1. The summed E-state index contributed by atoms with van der Waals surface area (Å²) in [5.41, 5.74) is 2.33. The van der Waals surface area contributed by atoms with Crippen LogP contribution in [0.15, 0.2) is 36.7 Å². The summed E-state index contributed by atoms with van der Waals surface area (Å²) in [4.78, 5) is 8.82. The Morgan fingerprint density at radius 2 is 1.26 bits per heavy atom. The smallest absolute Gasteiger partial charge is 0.159 e. The molecule has 0 spiro atoms. The number of unbranched alkanes of at least 4 members (excludes halogenated alkanes) is 7. The van der Waals surface area contributed by atoms with Crippen LogP contribution < -0.4 is 4.74 Å². The Morgan fingerprint density at radius 1 is 0.686 bits per heavy atom. The van der Waals surface area contributed by atoms with Gasteiger partial charge in [-0.2, -0.15) is 0 Å². The van der Waals surface area contributed by atoms with Crippen LogP contribution >= 0.6 is 0 Å². The van der Waals surface area contributed by atoms with Gasteiger partial charge in [0.2, 0.25) is 0 Å². The zero-order valence-electron chi connectivity index (χ0n) is 22.0. The molecule has 2 atom stereocenters. The van der Waals surface area contributed by atoms with Crippen LogP contribution in [0.25, 0.3) is 11.4 Å². The van der Waals surface area contributed by atoms with Gasteiger partial charge in [-0.1, -0.05) is 89.5 Å². The summed E-state index contributed by atoms with van der Waals surface area (Å²) in [6.07, 6.45) is 15.9. The van der Waals surface area contributed by atoms with Crippen LogP contribution in [0.3, 0.4) is 0 Å². The minimum Gasteiger partial charge on any atom is -0.490 e. The van der Waals surface area contributed by atoms with Gasteiger partial charge in [-0.3, -0.25) is 0 Å². The van der Waals surface area contributed by atoms with Gasteiger partial charge in [-0.15, -0.1) is 0 Å². The molecular formula is C30H46F2N2O. The Bertz CT molecular complexity index is 767. The monoisotopic (exact) mass is 488 g/mol. The first kappa shape index (κ1) is 29.2. The van der Waals surface area contributed by atoms with E-state index >= 15 is 0 Å². The molecule has 1 aromatic carbocycles. The van der Waals surface area contributed by atoms with Gasteiger partial charge in [0, 0.05) is 12.0 Å². The van der Waals surface area contributed by atoms with Crippen molar-refractivity contribution < 1.29 is 13.5 Å². The fourth-order valence-electron chi connectivity index (χ4n) is 4.24. The van der Waals surface area contributed by atoms with Crippen molar-refractivity contribution >= 4 is 0 Å². The summed E-state index contributed by atoms with van der Waals surface area (Å²) in [5.74, 6) is 1.20. The first-order chi connectivity index (χ1) is 17.1. The maximum Gasteiger partial charge on any atom is 0.159 e. The lowest BCUT2D eigenvalue weighted by Crippen LogP contribution is -2.09. The Kier molecular flexibility index (Phi) is 15.2. The maximum absolute atomic E-state index is 14.1. The SMILES string of the molecule is CCCCCCCCc1ccc(-c2ncc(OCCC(F)CCCC(F)CCCCC)cn2)cc1. The minimum atomic E-state index is -0.965. The molecule has 0 bridgehead atoms. The largest absolute Gasteiger partial charge is 0.490 e. The van der Waals surface area contributed by atoms with Crippen molar-refractivity contribution in [1.29, 1.82) is 0 Å². The first-order valence-corrected chi connectivity index (χ1v) is 13.9. The molecule has 0 saturated carbocycles. The number of halogens is 2. The van der Waals surface area contributed by atoms with E-state index in [1.165, 1.54) is 44.1 Å². The number of alkyl halides is 2. The number of ether oxygens (including phenoxy) is 1. The molecule has 35 heavy (non-hydrogen) atoms. The van der Waals surface area contributed by atoms with E-state index in [0.717, 1.165) is 31.2 Å². The molecule has 0 amide bonds. The molecule has 2 aromatic rings. The molecule has 2 rings (SSSR count). The van der Waals surface area contributed by atoms with Crippen molar-refractivity contribution in [2.24, 2.45) is 0 Å². The molecule has 0 aliphatic carbocycles. The molecule has 3 nitrogen and oxygen atoms in total. The van der Waals surface area contributed by atoms with Gasteiger partial charge in [0.05, 0.1) is 19.0 Å². The standard InChI is InChI=1S/C30H46F2N2O/c1-3-5-7-8-9-11-13-25-17-19-26(20-18-25)30-33-23-29(24-34-30)35-22-21-28(32)16-12-15-27(31)14-10-6-4-2/h17-20,23-24,27-28H,3-16,21-22H2,1-2H3. The van der Waals surface area contributed by atoms with E-state index < -0.39 is 12.3 Å². The molecule has 0 saturated heterocycles. The zero-order valence-corrected chi connectivity index (χ0v) is 22.0. The third-order valence-electron chi connectivity index (χ3n) is 6.51. The second-order valence-electron chi connectivity index (χ2n) is 9.72. The zero-order chi connectivity index (χ0) is 25.1. The summed E-state index contributed by atoms with van der Waals surface area (Å²) in [7, 11) is 0. The van der Waals surface area contributed by atoms with Crippen LogP contribution in [0.4, 0.5) is 8.78 Å². The average Bonchev–Trinajstić information content (AvgIpc) is 2.87. The Hall–Kier alpha value is -2.04. The molecule has 0 N–H and O–H groups in total. The Balaban J connectivity index is 1.63. The molecule has 0 aliphatic heterocycles. The van der Waals surface area contributed by atoms with Gasteiger partial charge >= 0.3 is 0 Å². The number of benzene rings is 1. The van der Waals surface area contributed by atoms with E-state index in [2.05, 4.69) is 48.1 Å². The van der Waals surface area contributed by atoms with Crippen molar-refractivity contribution in [2.45, 2.75) is 123 Å². The fraction of sp³-hybridized carbons (Fsp3) is 0.667. The molecule has 1 heterocycles. The van der Waals surface area contributed by atoms with E-state index in [1.54, 1.807) is 12.4 Å². The molecule has 196 valence electrons. The summed E-state index contributed by atoms with van der Waals surface area (Å²) in [5, 5.41) is 0. The van der Waals surface area contributed by atoms with Gasteiger partial charge in [0.25, 0.3) is 0 Å². The molecule has 2 unspecified atom stereocenters. The van der Waals surface area contributed by atoms with Gasteiger partial charge < -0.3 is 4.74 Å². The number of aryl methyl sites for hydroxylation is 1. The van der Waals surface area contributed by atoms with Crippen LogP contribution in [0.2, 0.25) is 0 Å². The van der Waals surface area contributed by atoms with Gasteiger partial charge in [0.1, 0.15) is 12.3 Å². The van der Waals surface area contributed by atoms with E-state index in [1.807, 2.05) is 0 Å². The average molecular weight is 489 g/mol. The highest BCUT2D eigenvalue weighted by Gasteiger charge is 2.11. The highest BCUT2D eigenvalue weighted by Crippen LogP contribution is 2.20. The first-order valence-electron chi connectivity index (χ1n) is 13.9. The van der Waals surface area contributed by atoms with Crippen molar-refractivity contribution in [3.8, 4) is 17.1 Å². The van der Waals surface area contributed by atoms with Crippen LogP contribution in [-0.2, 0) is 6.42 Å². The molecule has 5 heteroatoms. The summed E-state index contributed by atoms with van der Waals surface area (Å²) < 4.78 is 33.5. The van der Waals surface area contributed by atoms with Crippen LogP contribution in [0, 0.1) is 0 Å². The van der Waals surface area contributed by atoms with E-state index in [4.69, 9.17) is 4.74 Å². The number of nitrogens with zero attached hydrogens (tertiary/aromatic N) is 2. The lowest BCUT2D eigenvalue weighted by Gasteiger charge is -2.11. The molecule has 1 aromatic heterocycles. The van der Waals surface area contributed by atoms with Crippen molar-refractivity contribution in [1.82, 2.24) is 9.97 Å². The predicted octanol–water partition coefficient (Wildman–Crippen LogP) is 9.24. The molecule has 0 fully saturated rings. The summed E-state index contributed by atoms with van der Waals surface area (Å²) in [6, 6.07) is 8.46. The summed E-state index contributed by atoms with van der Waals surface area (Å²) >= 11 is 0. The Labute approximate surface area is 212 Å². The van der Waals surface area contributed by atoms with Crippen molar-refractivity contribution in [2.75, 3.05) is 6.61 Å². The van der Waals surface area contributed by atoms with Crippen LogP contribution in [-0.4, -0.2) is 28.9 Å². The van der Waals surface area contributed by atoms with Gasteiger partial charge in [-0.25, -0.2) is 18.7 Å². The minimum absolute atomic E-state index is 0.270. The highest BCUT2D eigenvalue weighted by molar-refractivity contribution is 5.55. The Morgan fingerprint density at radius 3 is 1.94 bits per heavy atom. The topological polar surface area (TPSA) is 35.0 Å². The number of rotatable bonds is 20. The fourth-order valence-corrected chi connectivity index (χ4v) is 4.24. The van der Waals surface area contributed by atoms with Crippen LogP contribution in [0.1, 0.15) is 109 Å². The lowest BCUT2D eigenvalue weighted by atomic mass is 10.0. The van der Waals surface area contributed by atoms with Gasteiger partial charge in [0.15, 0.2) is 11.6 Å². The van der Waals surface area contributed by atoms with Crippen LogP contribution in [0.5, 0.6) is 5.75 Å². The lowest BCUT2D eigenvalue weighted by molar-refractivity contribution is 0.212. The third-order valence-corrected chi connectivity index (χ3v) is 6.51. The quantitative estimate of drug-likeness (QED) is 0.174. The number of hydrogen-bond acceptors (Lipinski definition) is 3. The molecule has 0 aliphatic rings. The van der Waals surface area contributed by atoms with Crippen molar-refractivity contribution in [3.63, 3.8) is 0 Å². The van der Waals surface area contributed by atoms with Gasteiger partial charge in [-0.05, 0) is 44.1 Å². The predicted molar refractivity (Wildman–Crippen MR) is 142 cm³/mol. The van der Waals surface area contributed by atoms with Crippen molar-refractivity contribution in [3.05, 3.63) is 42.2 Å². The normalized spacial score (nSPS) is 13.0. The molecule has 0 radical (unpaired) electrons. The van der Waals surface area contributed by atoms with E-state index in [0.29, 0.717) is 43.7 Å². The van der Waals surface area contributed by atoms with E-state index in [-0.39, 0.29) is 6.61 Å². The second kappa shape index (κ2) is 18.3. The van der Waals surface area contributed by atoms with E-state index in [9.17, 15) is 8.78 Å². The second-order valence-corrected chi connectivity index (χ2v) is 9.72. The highest BCUT2D eigenvalue weighted by atomic mass is 19.1. The molecular weight excluding hydrogens is 442 g/mol. The third kappa shape index (κ3) is 13.0. The summed E-state index contributed by atoms with van der Waals surface area (Å²) in [6.45, 7) is 4.63. The number of hydrogen-bond donors (Lipinski definition) is 0. The number of aromatic nitrogens is 2.